The van der Waals surface area contributed by atoms with Crippen molar-refractivity contribution in [2.75, 3.05) is 17.6 Å². The molecule has 0 radical (unpaired) electrons. The third-order valence-corrected chi connectivity index (χ3v) is 4.72. The Labute approximate surface area is 128 Å². The first-order valence-corrected chi connectivity index (χ1v) is 8.15. The van der Waals surface area contributed by atoms with Gasteiger partial charge in [0.15, 0.2) is 0 Å². The van der Waals surface area contributed by atoms with Crippen LogP contribution in [0, 0.1) is 0 Å². The van der Waals surface area contributed by atoms with E-state index in [-0.39, 0.29) is 12.5 Å². The average Bonchev–Trinajstić information content (AvgIpc) is 2.97. The molecule has 5 nitrogen and oxygen atoms in total. The van der Waals surface area contributed by atoms with Crippen molar-refractivity contribution in [3.05, 3.63) is 29.8 Å². The lowest BCUT2D eigenvalue weighted by Gasteiger charge is -2.11. The third kappa shape index (κ3) is 5.67. The van der Waals surface area contributed by atoms with E-state index in [4.69, 9.17) is 5.11 Å². The van der Waals surface area contributed by atoms with E-state index in [0.717, 1.165) is 12.0 Å². The molecule has 0 bridgehead atoms. The Bertz CT molecular complexity index is 501. The van der Waals surface area contributed by atoms with Gasteiger partial charge in [0.2, 0.25) is 0 Å². The molecule has 1 aliphatic rings. The summed E-state index contributed by atoms with van der Waals surface area (Å²) in [5.74, 6) is 0.361. The largest absolute Gasteiger partial charge is 0.481 e. The molecule has 2 rings (SSSR count). The van der Waals surface area contributed by atoms with Gasteiger partial charge in [-0.1, -0.05) is 12.1 Å². The molecule has 114 valence electrons. The van der Waals surface area contributed by atoms with Crippen LogP contribution in [0.25, 0.3) is 0 Å². The monoisotopic (exact) mass is 308 g/mol. The molecule has 0 aliphatic carbocycles. The van der Waals surface area contributed by atoms with Gasteiger partial charge in [-0.25, -0.2) is 4.79 Å². The van der Waals surface area contributed by atoms with Gasteiger partial charge >= 0.3 is 12.0 Å². The fraction of sp³-hybridized carbons (Fsp3) is 0.467. The topological polar surface area (TPSA) is 78.4 Å². The van der Waals surface area contributed by atoms with E-state index < -0.39 is 5.97 Å². The zero-order valence-corrected chi connectivity index (χ0v) is 12.6. The van der Waals surface area contributed by atoms with Crippen molar-refractivity contribution in [2.45, 2.75) is 30.9 Å². The molecule has 1 saturated heterocycles. The van der Waals surface area contributed by atoms with Crippen LogP contribution in [-0.4, -0.2) is 34.7 Å². The van der Waals surface area contributed by atoms with E-state index in [1.165, 1.54) is 12.2 Å². The molecule has 1 heterocycles. The molecule has 1 aromatic carbocycles. The summed E-state index contributed by atoms with van der Waals surface area (Å²) < 4.78 is 0. The van der Waals surface area contributed by atoms with Crippen molar-refractivity contribution in [1.82, 2.24) is 5.32 Å². The second-order valence-electron chi connectivity index (χ2n) is 5.06. The normalized spacial score (nSPS) is 17.4. The smallest absolute Gasteiger partial charge is 0.319 e. The number of hydrogen-bond donors (Lipinski definition) is 3. The molecular formula is C15H20N2O3S. The Balaban J connectivity index is 1.79. The van der Waals surface area contributed by atoms with Crippen molar-refractivity contribution < 1.29 is 14.7 Å². The van der Waals surface area contributed by atoms with Crippen LogP contribution in [0.3, 0.4) is 0 Å². The van der Waals surface area contributed by atoms with Gasteiger partial charge in [0.25, 0.3) is 0 Å². The first-order valence-electron chi connectivity index (χ1n) is 7.10. The van der Waals surface area contributed by atoms with Crippen LogP contribution in [0.5, 0.6) is 0 Å². The van der Waals surface area contributed by atoms with Crippen LogP contribution in [-0.2, 0) is 11.2 Å². The van der Waals surface area contributed by atoms with E-state index in [1.54, 1.807) is 6.07 Å². The highest BCUT2D eigenvalue weighted by Gasteiger charge is 2.16. The molecular weight excluding hydrogens is 288 g/mol. The van der Waals surface area contributed by atoms with Crippen LogP contribution in [0.2, 0.25) is 0 Å². The van der Waals surface area contributed by atoms with Crippen LogP contribution in [0.4, 0.5) is 10.5 Å². The molecule has 1 atom stereocenters. The van der Waals surface area contributed by atoms with Gasteiger partial charge in [0.05, 0.1) is 0 Å². The summed E-state index contributed by atoms with van der Waals surface area (Å²) >= 11 is 1.90. The number of aryl methyl sites for hydroxylation is 1. The highest BCUT2D eigenvalue weighted by Crippen LogP contribution is 2.25. The van der Waals surface area contributed by atoms with Crippen molar-refractivity contribution in [3.63, 3.8) is 0 Å². The first-order chi connectivity index (χ1) is 10.1. The van der Waals surface area contributed by atoms with E-state index in [1.807, 2.05) is 30.0 Å². The second-order valence-corrected chi connectivity index (χ2v) is 6.47. The maximum Gasteiger partial charge on any atom is 0.319 e. The Morgan fingerprint density at radius 2 is 2.24 bits per heavy atom. The van der Waals surface area contributed by atoms with Gasteiger partial charge in [0.1, 0.15) is 0 Å². The standard InChI is InChI=1S/C15H20N2O3S/c18-14(19)7-6-11-3-1-4-12(9-11)17-15(20)16-10-13-5-2-8-21-13/h1,3-4,9,13H,2,5-8,10H2,(H,18,19)(H2,16,17,20). The third-order valence-electron chi connectivity index (χ3n) is 3.33. The summed E-state index contributed by atoms with van der Waals surface area (Å²) in [6.45, 7) is 0.690. The molecule has 3 N–H and O–H groups in total. The minimum absolute atomic E-state index is 0.0918. The molecule has 1 aliphatic heterocycles. The van der Waals surface area contributed by atoms with Crippen molar-refractivity contribution in [3.8, 4) is 0 Å². The number of carboxylic acids is 1. The lowest BCUT2D eigenvalue weighted by atomic mass is 10.1. The number of nitrogens with one attached hydrogen (secondary N) is 2. The average molecular weight is 308 g/mol. The minimum Gasteiger partial charge on any atom is -0.481 e. The van der Waals surface area contributed by atoms with Gasteiger partial charge in [-0.05, 0) is 42.7 Å². The Morgan fingerprint density at radius 3 is 2.95 bits per heavy atom. The molecule has 2 amide bonds. The molecule has 0 spiro atoms. The van der Waals surface area contributed by atoms with E-state index in [2.05, 4.69) is 10.6 Å². The van der Waals surface area contributed by atoms with Crippen molar-refractivity contribution >= 4 is 29.4 Å². The summed E-state index contributed by atoms with van der Waals surface area (Å²) in [6, 6.07) is 7.08. The SMILES string of the molecule is O=C(O)CCc1cccc(NC(=O)NCC2CCCS2)c1. The lowest BCUT2D eigenvalue weighted by molar-refractivity contribution is -0.136. The predicted octanol–water partition coefficient (Wildman–Crippen LogP) is 2.72. The lowest BCUT2D eigenvalue weighted by Crippen LogP contribution is -2.33. The zero-order valence-electron chi connectivity index (χ0n) is 11.8. The second kappa shape index (κ2) is 7.93. The Hall–Kier alpha value is -1.69. The number of amides is 2. The predicted molar refractivity (Wildman–Crippen MR) is 84.9 cm³/mol. The van der Waals surface area contributed by atoms with Crippen LogP contribution < -0.4 is 10.6 Å². The number of carbonyl (C=O) groups is 2. The van der Waals surface area contributed by atoms with E-state index in [9.17, 15) is 9.59 Å². The van der Waals surface area contributed by atoms with E-state index in [0.29, 0.717) is 23.9 Å². The van der Waals surface area contributed by atoms with Crippen molar-refractivity contribution in [1.29, 1.82) is 0 Å². The van der Waals surface area contributed by atoms with Crippen LogP contribution in [0.15, 0.2) is 24.3 Å². The molecule has 21 heavy (non-hydrogen) atoms. The number of thioether (sulfide) groups is 1. The van der Waals surface area contributed by atoms with Crippen LogP contribution >= 0.6 is 11.8 Å². The van der Waals surface area contributed by atoms with E-state index >= 15 is 0 Å². The number of anilines is 1. The Kier molecular flexibility index (Phi) is 5.92. The quantitative estimate of drug-likeness (QED) is 0.755. The number of benzene rings is 1. The number of hydrogen-bond acceptors (Lipinski definition) is 3. The summed E-state index contributed by atoms with van der Waals surface area (Å²) in [4.78, 5) is 22.4. The van der Waals surface area contributed by atoms with Gasteiger partial charge in [0, 0.05) is 23.9 Å². The minimum atomic E-state index is -0.819. The molecule has 1 fully saturated rings. The molecule has 0 saturated carbocycles. The number of aliphatic carboxylic acids is 1. The molecule has 1 unspecified atom stereocenters. The summed E-state index contributed by atoms with van der Waals surface area (Å²) in [5, 5.41) is 14.9. The molecule has 6 heteroatoms. The van der Waals surface area contributed by atoms with Gasteiger partial charge in [-0.2, -0.15) is 11.8 Å². The van der Waals surface area contributed by atoms with Gasteiger partial charge < -0.3 is 15.7 Å². The fourth-order valence-corrected chi connectivity index (χ4v) is 3.44. The van der Waals surface area contributed by atoms with Crippen LogP contribution in [0.1, 0.15) is 24.8 Å². The highest BCUT2D eigenvalue weighted by molar-refractivity contribution is 8.00. The summed E-state index contributed by atoms with van der Waals surface area (Å²) in [5.41, 5.74) is 1.59. The number of carboxylic acid groups (broad SMARTS) is 1. The maximum absolute atomic E-state index is 11.8. The number of carbonyl (C=O) groups excluding carboxylic acids is 1. The zero-order chi connectivity index (χ0) is 15.1. The molecule has 1 aromatic rings. The number of urea groups is 1. The van der Waals surface area contributed by atoms with Gasteiger partial charge in [-0.15, -0.1) is 0 Å². The van der Waals surface area contributed by atoms with Gasteiger partial charge in [-0.3, -0.25) is 4.79 Å². The van der Waals surface area contributed by atoms with Crippen molar-refractivity contribution in [2.24, 2.45) is 0 Å². The summed E-state index contributed by atoms with van der Waals surface area (Å²) in [6.07, 6.45) is 2.94. The Morgan fingerprint density at radius 1 is 1.38 bits per heavy atom. The number of rotatable bonds is 6. The fourth-order valence-electron chi connectivity index (χ4n) is 2.24. The summed E-state index contributed by atoms with van der Waals surface area (Å²) in [7, 11) is 0. The first kappa shape index (κ1) is 15.7. The maximum atomic E-state index is 11.8. The highest BCUT2D eigenvalue weighted by atomic mass is 32.2. The molecule has 0 aromatic heterocycles.